The van der Waals surface area contributed by atoms with Crippen LogP contribution >= 0.6 is 11.6 Å². The lowest BCUT2D eigenvalue weighted by Crippen LogP contribution is -2.23. The maximum atomic E-state index is 15.4. The van der Waals surface area contributed by atoms with Gasteiger partial charge < -0.3 is 4.90 Å². The lowest BCUT2D eigenvalue weighted by molar-refractivity contribution is 0.0823. The van der Waals surface area contributed by atoms with Crippen LogP contribution in [-0.4, -0.2) is 39.4 Å². The average molecular weight is 535 g/mol. The molecule has 1 aliphatic rings. The molecule has 9 heteroatoms. The number of benzene rings is 1. The molecule has 6 nitrogen and oxygen atoms in total. The zero-order chi connectivity index (χ0) is 27.3. The SMILES string of the molecule is Cc1cnc(-c2cccc(C(=O)N(C)C)c2F)cc1-n1c(C)cc([C@@H]2CC2c2ccnc(F)c2)c(Cl)c1=O. The number of aromatic nitrogens is 3. The van der Waals surface area contributed by atoms with Crippen LogP contribution in [0.2, 0.25) is 5.02 Å². The third-order valence-electron chi connectivity index (χ3n) is 6.96. The van der Waals surface area contributed by atoms with Gasteiger partial charge in [0.2, 0.25) is 5.95 Å². The first-order valence-corrected chi connectivity index (χ1v) is 12.5. The second-order valence-corrected chi connectivity index (χ2v) is 10.2. The standard InChI is InChI=1S/C29H25ClF2N4O2/c1-15-14-34-23(18-6-5-7-19(27(18)32)28(37)35(3)4)13-24(15)36-16(2)10-22(26(30)29(36)38)21-12-20(21)17-8-9-33-25(31)11-17/h5-11,13-14,20-21H,12H2,1-4H3/t20?,21-/m1/s1. The molecule has 0 aliphatic heterocycles. The minimum atomic E-state index is -0.682. The van der Waals surface area contributed by atoms with Gasteiger partial charge in [-0.15, -0.1) is 0 Å². The fraction of sp³-hybridized carbons (Fsp3) is 0.241. The van der Waals surface area contributed by atoms with E-state index in [0.717, 1.165) is 17.5 Å². The number of nitrogens with zero attached hydrogens (tertiary/aromatic N) is 4. The van der Waals surface area contributed by atoms with Gasteiger partial charge in [-0.3, -0.25) is 19.1 Å². The smallest absolute Gasteiger partial charge is 0.274 e. The molecule has 4 aromatic rings. The van der Waals surface area contributed by atoms with Crippen LogP contribution in [-0.2, 0) is 0 Å². The fourth-order valence-electron chi connectivity index (χ4n) is 4.90. The second kappa shape index (κ2) is 9.76. The number of pyridine rings is 3. The number of hydrogen-bond acceptors (Lipinski definition) is 4. The van der Waals surface area contributed by atoms with E-state index in [0.29, 0.717) is 16.9 Å². The van der Waals surface area contributed by atoms with Crippen LogP contribution in [0.25, 0.3) is 16.9 Å². The van der Waals surface area contributed by atoms with Crippen LogP contribution in [0.5, 0.6) is 0 Å². The molecule has 3 aromatic heterocycles. The van der Waals surface area contributed by atoms with E-state index in [9.17, 15) is 14.0 Å². The molecule has 0 bridgehead atoms. The lowest BCUT2D eigenvalue weighted by Gasteiger charge is -2.17. The summed E-state index contributed by atoms with van der Waals surface area (Å²) in [5, 5.41) is 0.0974. The molecule has 1 aromatic carbocycles. The van der Waals surface area contributed by atoms with Crippen LogP contribution < -0.4 is 5.56 Å². The number of halogens is 3. The molecule has 1 amide bonds. The van der Waals surface area contributed by atoms with Crippen LogP contribution in [0.15, 0.2) is 59.7 Å². The van der Waals surface area contributed by atoms with E-state index in [2.05, 4.69) is 9.97 Å². The van der Waals surface area contributed by atoms with Gasteiger partial charge in [0.1, 0.15) is 10.8 Å². The molecule has 5 rings (SSSR count). The maximum Gasteiger partial charge on any atom is 0.274 e. The van der Waals surface area contributed by atoms with E-state index in [1.165, 1.54) is 27.8 Å². The Bertz CT molecular complexity index is 1650. The van der Waals surface area contributed by atoms with Gasteiger partial charge in [0, 0.05) is 37.7 Å². The van der Waals surface area contributed by atoms with E-state index in [4.69, 9.17) is 11.6 Å². The molecule has 2 atom stereocenters. The Labute approximate surface area is 223 Å². The Balaban J connectivity index is 1.55. The summed E-state index contributed by atoms with van der Waals surface area (Å²) in [6.07, 6.45) is 3.75. The van der Waals surface area contributed by atoms with Gasteiger partial charge in [-0.2, -0.15) is 4.39 Å². The van der Waals surface area contributed by atoms with Crippen molar-refractivity contribution in [1.29, 1.82) is 0 Å². The Morgan fingerprint density at radius 2 is 1.84 bits per heavy atom. The predicted molar refractivity (Wildman–Crippen MR) is 142 cm³/mol. The monoisotopic (exact) mass is 534 g/mol. The highest BCUT2D eigenvalue weighted by Crippen LogP contribution is 2.55. The van der Waals surface area contributed by atoms with Crippen molar-refractivity contribution >= 4 is 17.5 Å². The molecule has 0 radical (unpaired) electrons. The van der Waals surface area contributed by atoms with E-state index in [1.54, 1.807) is 58.4 Å². The first-order chi connectivity index (χ1) is 18.1. The minimum absolute atomic E-state index is 0.00511. The molecule has 0 N–H and O–H groups in total. The topological polar surface area (TPSA) is 68.1 Å². The predicted octanol–water partition coefficient (Wildman–Crippen LogP) is 5.82. The Morgan fingerprint density at radius 3 is 2.55 bits per heavy atom. The Hall–Kier alpha value is -3.91. The summed E-state index contributed by atoms with van der Waals surface area (Å²) >= 11 is 6.62. The highest BCUT2D eigenvalue weighted by molar-refractivity contribution is 6.31. The summed E-state index contributed by atoms with van der Waals surface area (Å²) in [5.41, 5.74) is 3.38. The van der Waals surface area contributed by atoms with E-state index >= 15 is 4.39 Å². The highest BCUT2D eigenvalue weighted by Gasteiger charge is 2.41. The molecular formula is C29H25ClF2N4O2. The third-order valence-corrected chi connectivity index (χ3v) is 7.34. The van der Waals surface area contributed by atoms with Crippen LogP contribution in [0, 0.1) is 25.6 Å². The van der Waals surface area contributed by atoms with Crippen molar-refractivity contribution in [2.24, 2.45) is 0 Å². The molecule has 38 heavy (non-hydrogen) atoms. The molecule has 1 fully saturated rings. The molecule has 3 heterocycles. The zero-order valence-corrected chi connectivity index (χ0v) is 22.1. The molecular weight excluding hydrogens is 510 g/mol. The van der Waals surface area contributed by atoms with Gasteiger partial charge >= 0.3 is 0 Å². The Morgan fingerprint density at radius 1 is 1.08 bits per heavy atom. The molecule has 0 saturated heterocycles. The number of rotatable bonds is 5. The molecule has 1 unspecified atom stereocenters. The first kappa shape index (κ1) is 25.7. The lowest BCUT2D eigenvalue weighted by atomic mass is 10.0. The summed E-state index contributed by atoms with van der Waals surface area (Å²) in [6.45, 7) is 3.61. The number of hydrogen-bond donors (Lipinski definition) is 0. The molecule has 1 saturated carbocycles. The summed E-state index contributed by atoms with van der Waals surface area (Å²) in [7, 11) is 3.11. The largest absolute Gasteiger partial charge is 0.345 e. The molecule has 1 aliphatic carbocycles. The summed E-state index contributed by atoms with van der Waals surface area (Å²) in [4.78, 5) is 35.3. The van der Waals surface area contributed by atoms with Gasteiger partial charge in [-0.1, -0.05) is 17.7 Å². The summed E-state index contributed by atoms with van der Waals surface area (Å²) < 4.78 is 30.5. The number of carbonyl (C=O) groups excluding carboxylic acids is 1. The summed E-state index contributed by atoms with van der Waals surface area (Å²) in [5.74, 6) is -1.61. The van der Waals surface area contributed by atoms with E-state index in [1.807, 2.05) is 6.07 Å². The maximum absolute atomic E-state index is 15.4. The average Bonchev–Trinajstić information content (AvgIpc) is 3.68. The van der Waals surface area contributed by atoms with Crippen LogP contribution in [0.4, 0.5) is 8.78 Å². The third kappa shape index (κ3) is 4.49. The van der Waals surface area contributed by atoms with Crippen molar-refractivity contribution in [2.45, 2.75) is 32.1 Å². The first-order valence-electron chi connectivity index (χ1n) is 12.1. The Kier molecular flexibility index (Phi) is 6.61. The van der Waals surface area contributed by atoms with Crippen LogP contribution in [0.3, 0.4) is 0 Å². The van der Waals surface area contributed by atoms with Crippen molar-refractivity contribution in [3.8, 4) is 16.9 Å². The van der Waals surface area contributed by atoms with Crippen molar-refractivity contribution in [2.75, 3.05) is 14.1 Å². The number of amides is 1. The van der Waals surface area contributed by atoms with Crippen LogP contribution in [0.1, 0.15) is 51.0 Å². The summed E-state index contributed by atoms with van der Waals surface area (Å²) in [6, 6.07) is 11.3. The normalized spacial score (nSPS) is 16.4. The number of carbonyl (C=O) groups is 1. The fourth-order valence-corrected chi connectivity index (χ4v) is 5.18. The van der Waals surface area contributed by atoms with E-state index in [-0.39, 0.29) is 33.7 Å². The van der Waals surface area contributed by atoms with Crippen molar-refractivity contribution in [1.82, 2.24) is 19.4 Å². The van der Waals surface area contributed by atoms with Crippen molar-refractivity contribution < 1.29 is 13.6 Å². The second-order valence-electron chi connectivity index (χ2n) is 9.78. The quantitative estimate of drug-likeness (QED) is 0.303. The van der Waals surface area contributed by atoms with Gasteiger partial charge in [-0.05, 0) is 85.2 Å². The van der Waals surface area contributed by atoms with Gasteiger partial charge in [0.05, 0.1) is 16.9 Å². The molecule has 0 spiro atoms. The number of aryl methyl sites for hydroxylation is 2. The van der Waals surface area contributed by atoms with E-state index < -0.39 is 23.2 Å². The molecule has 194 valence electrons. The highest BCUT2D eigenvalue weighted by atomic mass is 35.5. The minimum Gasteiger partial charge on any atom is -0.345 e. The van der Waals surface area contributed by atoms with Gasteiger partial charge in [0.25, 0.3) is 11.5 Å². The van der Waals surface area contributed by atoms with Gasteiger partial charge in [0.15, 0.2) is 0 Å². The van der Waals surface area contributed by atoms with Gasteiger partial charge in [-0.25, -0.2) is 9.37 Å². The zero-order valence-electron chi connectivity index (χ0n) is 21.3. The van der Waals surface area contributed by atoms with Crippen molar-refractivity contribution in [3.05, 3.63) is 110 Å². The van der Waals surface area contributed by atoms with Crippen molar-refractivity contribution in [3.63, 3.8) is 0 Å².